The molecule has 1 heterocycles. The highest BCUT2D eigenvalue weighted by atomic mass is 16.5. The SMILES string of the molecule is Cc1cc(C)c(OC(=O)c2cccc(-n3cnnn3)c2)c(C)c1. The maximum Gasteiger partial charge on any atom is 0.343 e. The first-order chi connectivity index (χ1) is 11.0. The van der Waals surface area contributed by atoms with Crippen molar-refractivity contribution in [2.24, 2.45) is 0 Å². The van der Waals surface area contributed by atoms with Crippen LogP contribution in [0.1, 0.15) is 27.0 Å². The number of benzene rings is 2. The van der Waals surface area contributed by atoms with Crippen LogP contribution in [0.25, 0.3) is 5.69 Å². The predicted octanol–water partition coefficient (Wildman–Crippen LogP) is 2.81. The number of hydrogen-bond acceptors (Lipinski definition) is 5. The third kappa shape index (κ3) is 3.11. The van der Waals surface area contributed by atoms with Crippen molar-refractivity contribution in [2.75, 3.05) is 0 Å². The molecular formula is C17H16N4O2. The van der Waals surface area contributed by atoms with Crippen LogP contribution in [-0.4, -0.2) is 26.2 Å². The second-order valence-electron chi connectivity index (χ2n) is 5.42. The topological polar surface area (TPSA) is 69.9 Å². The number of hydrogen-bond donors (Lipinski definition) is 0. The molecule has 3 rings (SSSR count). The molecule has 3 aromatic rings. The lowest BCUT2D eigenvalue weighted by molar-refractivity contribution is 0.0732. The normalized spacial score (nSPS) is 10.6. The lowest BCUT2D eigenvalue weighted by Gasteiger charge is -2.12. The zero-order valence-corrected chi connectivity index (χ0v) is 13.1. The van der Waals surface area contributed by atoms with Crippen LogP contribution >= 0.6 is 0 Å². The van der Waals surface area contributed by atoms with Crippen molar-refractivity contribution >= 4 is 5.97 Å². The van der Waals surface area contributed by atoms with Crippen LogP contribution in [0.5, 0.6) is 5.75 Å². The summed E-state index contributed by atoms with van der Waals surface area (Å²) in [4.78, 5) is 12.4. The first kappa shape index (κ1) is 14.9. The molecule has 0 saturated carbocycles. The summed E-state index contributed by atoms with van der Waals surface area (Å²) >= 11 is 0. The molecule has 1 aromatic heterocycles. The van der Waals surface area contributed by atoms with Crippen molar-refractivity contribution in [3.05, 3.63) is 65.0 Å². The smallest absolute Gasteiger partial charge is 0.343 e. The molecule has 0 spiro atoms. The minimum absolute atomic E-state index is 0.407. The number of carbonyl (C=O) groups is 1. The van der Waals surface area contributed by atoms with Crippen LogP contribution in [0.15, 0.2) is 42.7 Å². The monoisotopic (exact) mass is 308 g/mol. The van der Waals surface area contributed by atoms with Gasteiger partial charge in [0, 0.05) is 0 Å². The molecule has 6 heteroatoms. The van der Waals surface area contributed by atoms with Crippen molar-refractivity contribution < 1.29 is 9.53 Å². The summed E-state index contributed by atoms with van der Waals surface area (Å²) in [5.74, 6) is 0.198. The van der Waals surface area contributed by atoms with Gasteiger partial charge in [-0.05, 0) is 60.5 Å². The molecule has 0 fully saturated rings. The van der Waals surface area contributed by atoms with Gasteiger partial charge in [-0.3, -0.25) is 0 Å². The number of esters is 1. The molecule has 2 aromatic carbocycles. The van der Waals surface area contributed by atoms with E-state index < -0.39 is 5.97 Å². The molecule has 0 aliphatic carbocycles. The first-order valence-corrected chi connectivity index (χ1v) is 7.18. The summed E-state index contributed by atoms with van der Waals surface area (Å²) in [5, 5.41) is 11.0. The zero-order valence-electron chi connectivity index (χ0n) is 13.1. The van der Waals surface area contributed by atoms with Crippen LogP contribution in [0.4, 0.5) is 0 Å². The molecular weight excluding hydrogens is 292 g/mol. The van der Waals surface area contributed by atoms with Gasteiger partial charge in [-0.1, -0.05) is 23.8 Å². The van der Waals surface area contributed by atoms with E-state index in [1.807, 2.05) is 39.0 Å². The van der Waals surface area contributed by atoms with Gasteiger partial charge in [-0.15, -0.1) is 5.10 Å². The molecule has 0 amide bonds. The standard InChI is InChI=1S/C17H16N4O2/c1-11-7-12(2)16(13(3)8-11)23-17(22)14-5-4-6-15(9-14)21-10-18-19-20-21/h4-10H,1-3H3. The van der Waals surface area contributed by atoms with E-state index in [2.05, 4.69) is 15.5 Å². The number of aromatic nitrogens is 4. The van der Waals surface area contributed by atoms with Gasteiger partial charge in [-0.2, -0.15) is 0 Å². The average Bonchev–Trinajstić information content (AvgIpc) is 3.05. The molecule has 6 nitrogen and oxygen atoms in total. The summed E-state index contributed by atoms with van der Waals surface area (Å²) in [6.45, 7) is 5.88. The highest BCUT2D eigenvalue weighted by Crippen LogP contribution is 2.25. The Hall–Kier alpha value is -3.02. The van der Waals surface area contributed by atoms with E-state index >= 15 is 0 Å². The molecule has 0 radical (unpaired) electrons. The van der Waals surface area contributed by atoms with Crippen molar-refractivity contribution in [3.63, 3.8) is 0 Å². The Labute approximate surface area is 133 Å². The minimum atomic E-state index is -0.407. The predicted molar refractivity (Wildman–Crippen MR) is 84.8 cm³/mol. The number of tetrazole rings is 1. The van der Waals surface area contributed by atoms with E-state index in [4.69, 9.17) is 4.74 Å². The Morgan fingerprint density at radius 3 is 2.48 bits per heavy atom. The van der Waals surface area contributed by atoms with Gasteiger partial charge in [0.15, 0.2) is 0 Å². The number of ether oxygens (including phenoxy) is 1. The van der Waals surface area contributed by atoms with Gasteiger partial charge < -0.3 is 4.74 Å². The summed E-state index contributed by atoms with van der Waals surface area (Å²) in [6.07, 6.45) is 1.47. The molecule has 0 saturated heterocycles. The fourth-order valence-corrected chi connectivity index (χ4v) is 2.53. The van der Waals surface area contributed by atoms with Gasteiger partial charge in [0.05, 0.1) is 11.3 Å². The first-order valence-electron chi connectivity index (χ1n) is 7.18. The lowest BCUT2D eigenvalue weighted by Crippen LogP contribution is -2.11. The van der Waals surface area contributed by atoms with E-state index in [0.717, 1.165) is 16.7 Å². The highest BCUT2D eigenvalue weighted by Gasteiger charge is 2.14. The molecule has 0 N–H and O–H groups in total. The summed E-state index contributed by atoms with van der Waals surface area (Å²) in [7, 11) is 0. The molecule has 0 aliphatic heterocycles. The fourth-order valence-electron chi connectivity index (χ4n) is 2.53. The Kier molecular flexibility index (Phi) is 3.89. The van der Waals surface area contributed by atoms with E-state index in [1.165, 1.54) is 11.0 Å². The van der Waals surface area contributed by atoms with Gasteiger partial charge in [-0.25, -0.2) is 9.48 Å². The molecule has 0 aliphatic rings. The van der Waals surface area contributed by atoms with Crippen LogP contribution in [0, 0.1) is 20.8 Å². The lowest BCUT2D eigenvalue weighted by atomic mass is 10.1. The third-order valence-corrected chi connectivity index (χ3v) is 3.49. The fraction of sp³-hybridized carbons (Fsp3) is 0.176. The number of carbonyl (C=O) groups excluding carboxylic acids is 1. The van der Waals surface area contributed by atoms with Gasteiger partial charge in [0.2, 0.25) is 0 Å². The van der Waals surface area contributed by atoms with Gasteiger partial charge in [0.25, 0.3) is 0 Å². The van der Waals surface area contributed by atoms with Crippen molar-refractivity contribution in [3.8, 4) is 11.4 Å². The molecule has 23 heavy (non-hydrogen) atoms. The second kappa shape index (κ2) is 6.00. The molecule has 0 atom stereocenters. The maximum absolute atomic E-state index is 12.4. The van der Waals surface area contributed by atoms with Gasteiger partial charge >= 0.3 is 5.97 Å². The van der Waals surface area contributed by atoms with Crippen LogP contribution in [-0.2, 0) is 0 Å². The summed E-state index contributed by atoms with van der Waals surface area (Å²) < 4.78 is 7.07. The number of nitrogens with zero attached hydrogens (tertiary/aromatic N) is 4. The molecule has 116 valence electrons. The van der Waals surface area contributed by atoms with E-state index in [0.29, 0.717) is 17.0 Å². The molecule has 0 bridgehead atoms. The van der Waals surface area contributed by atoms with Gasteiger partial charge in [0.1, 0.15) is 12.1 Å². The van der Waals surface area contributed by atoms with E-state index in [-0.39, 0.29) is 0 Å². The maximum atomic E-state index is 12.4. The van der Waals surface area contributed by atoms with Crippen LogP contribution in [0.3, 0.4) is 0 Å². The average molecular weight is 308 g/mol. The second-order valence-corrected chi connectivity index (χ2v) is 5.42. The minimum Gasteiger partial charge on any atom is -0.422 e. The van der Waals surface area contributed by atoms with Crippen molar-refractivity contribution in [1.82, 2.24) is 20.2 Å². The molecule has 0 unspecified atom stereocenters. The van der Waals surface area contributed by atoms with Crippen molar-refractivity contribution in [1.29, 1.82) is 0 Å². The van der Waals surface area contributed by atoms with Crippen LogP contribution in [0.2, 0.25) is 0 Å². The largest absolute Gasteiger partial charge is 0.422 e. The quantitative estimate of drug-likeness (QED) is 0.549. The summed E-state index contributed by atoms with van der Waals surface area (Å²) in [5.41, 5.74) is 4.15. The van der Waals surface area contributed by atoms with E-state index in [1.54, 1.807) is 18.2 Å². The Morgan fingerprint density at radius 2 is 1.83 bits per heavy atom. The summed E-state index contributed by atoms with van der Waals surface area (Å²) in [6, 6.07) is 11.0. The Bertz CT molecular complexity index is 834. The number of rotatable bonds is 3. The van der Waals surface area contributed by atoms with E-state index in [9.17, 15) is 4.79 Å². The highest BCUT2D eigenvalue weighted by molar-refractivity contribution is 5.92. The Balaban J connectivity index is 1.89. The Morgan fingerprint density at radius 1 is 1.09 bits per heavy atom. The number of aryl methyl sites for hydroxylation is 3. The van der Waals surface area contributed by atoms with Crippen molar-refractivity contribution in [2.45, 2.75) is 20.8 Å². The van der Waals surface area contributed by atoms with Crippen LogP contribution < -0.4 is 4.74 Å². The zero-order chi connectivity index (χ0) is 16.4. The third-order valence-electron chi connectivity index (χ3n) is 3.49.